The molecule has 1 N–H and O–H groups in total. The lowest BCUT2D eigenvalue weighted by Crippen LogP contribution is -2.42. The summed E-state index contributed by atoms with van der Waals surface area (Å²) in [6, 6.07) is 23.6. The highest BCUT2D eigenvalue weighted by atomic mass is 32.2. The number of ether oxygens (including phenoxy) is 2. The van der Waals surface area contributed by atoms with Gasteiger partial charge in [-0.15, -0.1) is 0 Å². The van der Waals surface area contributed by atoms with Gasteiger partial charge in [-0.3, -0.25) is 9.10 Å². The van der Waals surface area contributed by atoms with Crippen LogP contribution in [0.3, 0.4) is 0 Å². The van der Waals surface area contributed by atoms with Crippen molar-refractivity contribution in [3.8, 4) is 11.5 Å². The van der Waals surface area contributed by atoms with E-state index < -0.39 is 28.3 Å². The second-order valence-corrected chi connectivity index (χ2v) is 11.4. The molecular formula is C30H29FN2O5S. The number of rotatable bonds is 9. The van der Waals surface area contributed by atoms with Crippen LogP contribution in [0.2, 0.25) is 0 Å². The standard InChI is InChI=1S/C30H29FN2O5S/c1-21(17-23-7-4-6-22-5-2-3-8-27(22)23)19-32-30(34)20-33(25-11-9-24(31)10-12-25)39(35,36)26-13-14-28-29(18-26)38-16-15-37-28/h2-14,18,21H,15-17,19-20H2,1H3,(H,32,34). The maximum absolute atomic E-state index is 13.7. The van der Waals surface area contributed by atoms with Crippen molar-refractivity contribution in [3.05, 3.63) is 96.3 Å². The zero-order valence-electron chi connectivity index (χ0n) is 21.5. The molecule has 0 bridgehead atoms. The third-order valence-corrected chi connectivity index (χ3v) is 8.37. The van der Waals surface area contributed by atoms with Gasteiger partial charge in [0.25, 0.3) is 10.0 Å². The van der Waals surface area contributed by atoms with Crippen molar-refractivity contribution >= 4 is 32.4 Å². The molecular weight excluding hydrogens is 519 g/mol. The summed E-state index contributed by atoms with van der Waals surface area (Å²) in [5.41, 5.74) is 1.36. The molecule has 4 aromatic rings. The monoisotopic (exact) mass is 548 g/mol. The first-order chi connectivity index (χ1) is 18.8. The van der Waals surface area contributed by atoms with Crippen LogP contribution in [0.5, 0.6) is 11.5 Å². The Kier molecular flexibility index (Phi) is 7.70. The lowest BCUT2D eigenvalue weighted by atomic mass is 9.96. The van der Waals surface area contributed by atoms with Crippen LogP contribution in [-0.4, -0.2) is 40.6 Å². The number of hydrogen-bond acceptors (Lipinski definition) is 5. The highest BCUT2D eigenvalue weighted by Gasteiger charge is 2.29. The van der Waals surface area contributed by atoms with Gasteiger partial charge in [0.15, 0.2) is 11.5 Å². The number of sulfonamides is 1. The lowest BCUT2D eigenvalue weighted by molar-refractivity contribution is -0.119. The molecule has 0 spiro atoms. The van der Waals surface area contributed by atoms with Crippen molar-refractivity contribution in [2.24, 2.45) is 5.92 Å². The molecule has 4 aromatic carbocycles. The molecule has 0 fully saturated rings. The minimum absolute atomic E-state index is 0.0619. The molecule has 7 nitrogen and oxygen atoms in total. The number of nitrogens with zero attached hydrogens (tertiary/aromatic N) is 1. The number of nitrogens with one attached hydrogen (secondary N) is 1. The number of hydrogen-bond donors (Lipinski definition) is 1. The van der Waals surface area contributed by atoms with Gasteiger partial charge < -0.3 is 14.8 Å². The molecule has 1 unspecified atom stereocenters. The molecule has 0 aromatic heterocycles. The Balaban J connectivity index is 1.32. The molecule has 1 aliphatic heterocycles. The maximum atomic E-state index is 13.7. The number of anilines is 1. The van der Waals surface area contributed by atoms with E-state index in [1.54, 1.807) is 0 Å². The minimum Gasteiger partial charge on any atom is -0.486 e. The molecule has 1 atom stereocenters. The summed E-state index contributed by atoms with van der Waals surface area (Å²) in [5.74, 6) is -0.111. The highest BCUT2D eigenvalue weighted by molar-refractivity contribution is 7.92. The first-order valence-electron chi connectivity index (χ1n) is 12.7. The van der Waals surface area contributed by atoms with Gasteiger partial charge in [0.05, 0.1) is 10.6 Å². The number of amides is 1. The van der Waals surface area contributed by atoms with Gasteiger partial charge in [-0.2, -0.15) is 0 Å². The van der Waals surface area contributed by atoms with E-state index in [2.05, 4.69) is 29.6 Å². The van der Waals surface area contributed by atoms with Gasteiger partial charge in [0.1, 0.15) is 25.6 Å². The van der Waals surface area contributed by atoms with Gasteiger partial charge in [-0.25, -0.2) is 12.8 Å². The third kappa shape index (κ3) is 5.98. The fourth-order valence-electron chi connectivity index (χ4n) is 4.63. The molecule has 9 heteroatoms. The number of carbonyl (C=O) groups excluding carboxylic acids is 1. The summed E-state index contributed by atoms with van der Waals surface area (Å²) in [6.07, 6.45) is 0.749. The predicted octanol–water partition coefficient (Wildman–Crippen LogP) is 4.94. The Morgan fingerprint density at radius 2 is 1.67 bits per heavy atom. The molecule has 202 valence electrons. The zero-order valence-corrected chi connectivity index (χ0v) is 22.3. The van der Waals surface area contributed by atoms with Gasteiger partial charge in [-0.05, 0) is 65.1 Å². The van der Waals surface area contributed by atoms with Crippen LogP contribution in [0.1, 0.15) is 12.5 Å². The smallest absolute Gasteiger partial charge is 0.264 e. The second kappa shape index (κ2) is 11.3. The maximum Gasteiger partial charge on any atom is 0.264 e. The van der Waals surface area contributed by atoms with Gasteiger partial charge in [-0.1, -0.05) is 49.4 Å². The van der Waals surface area contributed by atoms with E-state index in [-0.39, 0.29) is 16.5 Å². The van der Waals surface area contributed by atoms with Gasteiger partial charge in [0, 0.05) is 12.6 Å². The van der Waals surface area contributed by atoms with E-state index in [0.29, 0.717) is 31.3 Å². The third-order valence-electron chi connectivity index (χ3n) is 6.60. The summed E-state index contributed by atoms with van der Waals surface area (Å²) in [6.45, 7) is 2.61. The SMILES string of the molecule is CC(CNC(=O)CN(c1ccc(F)cc1)S(=O)(=O)c1ccc2c(c1)OCCO2)Cc1cccc2ccccc12. The van der Waals surface area contributed by atoms with Crippen molar-refractivity contribution in [2.75, 3.05) is 30.6 Å². The van der Waals surface area contributed by atoms with E-state index in [9.17, 15) is 17.6 Å². The summed E-state index contributed by atoms with van der Waals surface area (Å²) in [7, 11) is -4.19. The second-order valence-electron chi connectivity index (χ2n) is 9.55. The Morgan fingerprint density at radius 3 is 2.46 bits per heavy atom. The Morgan fingerprint density at radius 1 is 0.949 bits per heavy atom. The lowest BCUT2D eigenvalue weighted by Gasteiger charge is -2.25. The molecule has 0 saturated carbocycles. The average Bonchev–Trinajstić information content (AvgIpc) is 2.95. The average molecular weight is 549 g/mol. The summed E-state index contributed by atoms with van der Waals surface area (Å²) in [4.78, 5) is 13.0. The molecule has 0 saturated heterocycles. The van der Waals surface area contributed by atoms with Gasteiger partial charge in [0.2, 0.25) is 5.91 Å². The molecule has 39 heavy (non-hydrogen) atoms. The number of benzene rings is 4. The van der Waals surface area contributed by atoms with Crippen LogP contribution >= 0.6 is 0 Å². The van der Waals surface area contributed by atoms with Crippen LogP contribution in [0.25, 0.3) is 10.8 Å². The van der Waals surface area contributed by atoms with E-state index in [0.717, 1.165) is 28.2 Å². The number of fused-ring (bicyclic) bond motifs is 2. The van der Waals surface area contributed by atoms with E-state index >= 15 is 0 Å². The minimum atomic E-state index is -4.19. The quantitative estimate of drug-likeness (QED) is 0.320. The van der Waals surface area contributed by atoms with E-state index in [1.807, 2.05) is 25.1 Å². The molecule has 1 heterocycles. The number of halogens is 1. The largest absolute Gasteiger partial charge is 0.486 e. The highest BCUT2D eigenvalue weighted by Crippen LogP contribution is 2.34. The topological polar surface area (TPSA) is 84.9 Å². The van der Waals surface area contributed by atoms with Crippen LogP contribution in [0.4, 0.5) is 10.1 Å². The van der Waals surface area contributed by atoms with Crippen LogP contribution in [0.15, 0.2) is 89.8 Å². The Labute approximate surface area is 227 Å². The van der Waals surface area contributed by atoms with Crippen molar-refractivity contribution < 1.29 is 27.1 Å². The fourth-order valence-corrected chi connectivity index (χ4v) is 6.06. The number of carbonyl (C=O) groups is 1. The summed E-state index contributed by atoms with van der Waals surface area (Å²) in [5, 5.41) is 5.20. The molecule has 1 aliphatic rings. The Hall–Kier alpha value is -4.11. The molecule has 1 amide bonds. The van der Waals surface area contributed by atoms with Crippen LogP contribution in [0, 0.1) is 11.7 Å². The molecule has 0 aliphatic carbocycles. The normalized spacial score (nSPS) is 13.6. The van der Waals surface area contributed by atoms with Crippen molar-refractivity contribution in [1.29, 1.82) is 0 Å². The first-order valence-corrected chi connectivity index (χ1v) is 14.2. The Bertz CT molecular complexity index is 1590. The first kappa shape index (κ1) is 26.5. The predicted molar refractivity (Wildman–Crippen MR) is 148 cm³/mol. The van der Waals surface area contributed by atoms with Gasteiger partial charge >= 0.3 is 0 Å². The molecule has 0 radical (unpaired) electrons. The van der Waals surface area contributed by atoms with Crippen molar-refractivity contribution in [3.63, 3.8) is 0 Å². The zero-order chi connectivity index (χ0) is 27.4. The van der Waals surface area contributed by atoms with Crippen LogP contribution in [-0.2, 0) is 21.2 Å². The van der Waals surface area contributed by atoms with E-state index in [1.165, 1.54) is 41.3 Å². The van der Waals surface area contributed by atoms with Crippen molar-refractivity contribution in [2.45, 2.75) is 18.2 Å². The van der Waals surface area contributed by atoms with Crippen LogP contribution < -0.4 is 19.1 Å². The fraction of sp³-hybridized carbons (Fsp3) is 0.233. The van der Waals surface area contributed by atoms with Crippen molar-refractivity contribution in [1.82, 2.24) is 5.32 Å². The molecule has 5 rings (SSSR count). The summed E-state index contributed by atoms with van der Waals surface area (Å²) >= 11 is 0. The summed E-state index contributed by atoms with van der Waals surface area (Å²) < 4.78 is 53.0. The van der Waals surface area contributed by atoms with E-state index in [4.69, 9.17) is 9.47 Å².